The number of ether oxygens (including phenoxy) is 1. The molecular weight excluding hydrogens is 514 g/mol. The molecule has 0 aromatic heterocycles. The molecule has 220 valence electrons. The highest BCUT2D eigenvalue weighted by atomic mass is 19.3. The third-order valence-corrected chi connectivity index (χ3v) is 7.70. The van der Waals surface area contributed by atoms with Gasteiger partial charge in [0.15, 0.2) is 0 Å². The van der Waals surface area contributed by atoms with Crippen LogP contribution < -0.4 is 16.0 Å². The number of hydrogen-bond acceptors (Lipinski definition) is 6. The highest BCUT2D eigenvalue weighted by Crippen LogP contribution is 2.46. The summed E-state index contributed by atoms with van der Waals surface area (Å²) in [5.74, 6) is -6.13. The van der Waals surface area contributed by atoms with Crippen molar-refractivity contribution in [1.29, 1.82) is 0 Å². The summed E-state index contributed by atoms with van der Waals surface area (Å²) in [5.41, 5.74) is -0.284. The molecule has 1 saturated heterocycles. The fourth-order valence-corrected chi connectivity index (χ4v) is 5.50. The van der Waals surface area contributed by atoms with Crippen molar-refractivity contribution in [2.45, 2.75) is 128 Å². The number of carbonyl (C=O) groups is 5. The van der Waals surface area contributed by atoms with Crippen molar-refractivity contribution in [3.63, 3.8) is 0 Å². The molecule has 1 spiro atoms. The van der Waals surface area contributed by atoms with Crippen LogP contribution in [0.15, 0.2) is 0 Å². The van der Waals surface area contributed by atoms with Crippen LogP contribution in [0.5, 0.6) is 0 Å². The van der Waals surface area contributed by atoms with Crippen molar-refractivity contribution in [2.75, 3.05) is 6.54 Å². The Morgan fingerprint density at radius 3 is 2.23 bits per heavy atom. The fraction of sp³-hybridized carbons (Fsp3) is 0.815. The Bertz CT molecular complexity index is 943. The molecule has 0 bridgehead atoms. The molecule has 3 aliphatic rings. The predicted octanol–water partition coefficient (Wildman–Crippen LogP) is 2.83. The summed E-state index contributed by atoms with van der Waals surface area (Å²) in [5, 5.41) is 7.58. The van der Waals surface area contributed by atoms with E-state index < -0.39 is 66.5 Å². The lowest BCUT2D eigenvalue weighted by Crippen LogP contribution is -2.56. The predicted molar refractivity (Wildman–Crippen MR) is 138 cm³/mol. The molecule has 0 radical (unpaired) electrons. The number of alkyl carbamates (subject to hydrolysis) is 1. The third kappa shape index (κ3) is 8.86. The van der Waals surface area contributed by atoms with Crippen molar-refractivity contribution in [1.82, 2.24) is 20.9 Å². The maximum absolute atomic E-state index is 13.7. The summed E-state index contributed by atoms with van der Waals surface area (Å²) in [6, 6.07) is -3.51. The van der Waals surface area contributed by atoms with E-state index >= 15 is 0 Å². The maximum Gasteiger partial charge on any atom is 0.408 e. The molecule has 4 amide bonds. The highest BCUT2D eigenvalue weighted by Gasteiger charge is 2.50. The molecule has 10 nitrogen and oxygen atoms in total. The first-order valence-corrected chi connectivity index (χ1v) is 14.0. The SMILES string of the molecule is CC(C)OC(=O)N[C@@H](C)C(=O)N1CC2(CCCCC2)C[C@H]1C(=O)N[C@@H](CCC(C)(F)F)C(=O)C(=O)NC1CC1. The summed E-state index contributed by atoms with van der Waals surface area (Å²) >= 11 is 0. The van der Waals surface area contributed by atoms with Crippen LogP contribution in [-0.2, 0) is 23.9 Å². The number of nitrogens with one attached hydrogen (secondary N) is 3. The molecule has 0 unspecified atom stereocenters. The van der Waals surface area contributed by atoms with Crippen LogP contribution in [0.1, 0.15) is 91.9 Å². The molecule has 0 aromatic rings. The molecule has 1 heterocycles. The zero-order chi connectivity index (χ0) is 29.0. The van der Waals surface area contributed by atoms with Crippen molar-refractivity contribution in [3.8, 4) is 0 Å². The number of nitrogens with zero attached hydrogens (tertiary/aromatic N) is 1. The smallest absolute Gasteiger partial charge is 0.408 e. The first-order valence-electron chi connectivity index (χ1n) is 14.0. The van der Waals surface area contributed by atoms with E-state index in [2.05, 4.69) is 16.0 Å². The first-order chi connectivity index (χ1) is 18.2. The Kier molecular flexibility index (Phi) is 9.93. The number of hydrogen-bond donors (Lipinski definition) is 3. The monoisotopic (exact) mass is 556 g/mol. The van der Waals surface area contributed by atoms with Gasteiger partial charge in [-0.05, 0) is 71.6 Å². The molecule has 3 fully saturated rings. The van der Waals surface area contributed by atoms with Gasteiger partial charge in [0.2, 0.25) is 23.5 Å². The van der Waals surface area contributed by atoms with Crippen LogP contribution in [0.3, 0.4) is 0 Å². The van der Waals surface area contributed by atoms with E-state index in [4.69, 9.17) is 4.74 Å². The minimum Gasteiger partial charge on any atom is -0.447 e. The van der Waals surface area contributed by atoms with E-state index in [1.807, 2.05) is 0 Å². The Morgan fingerprint density at radius 2 is 1.67 bits per heavy atom. The van der Waals surface area contributed by atoms with Crippen LogP contribution in [0, 0.1) is 5.41 Å². The first kappa shape index (κ1) is 30.7. The van der Waals surface area contributed by atoms with E-state index in [9.17, 15) is 32.8 Å². The van der Waals surface area contributed by atoms with Gasteiger partial charge in [-0.15, -0.1) is 0 Å². The Morgan fingerprint density at radius 1 is 1.03 bits per heavy atom. The maximum atomic E-state index is 13.7. The van der Waals surface area contributed by atoms with E-state index in [1.54, 1.807) is 13.8 Å². The van der Waals surface area contributed by atoms with Crippen molar-refractivity contribution >= 4 is 29.6 Å². The second kappa shape index (κ2) is 12.6. The summed E-state index contributed by atoms with van der Waals surface area (Å²) in [6.45, 7) is 5.88. The number of carbonyl (C=O) groups excluding carboxylic acids is 5. The quantitative estimate of drug-likeness (QED) is 0.335. The standard InChI is InChI=1S/C27H42F2N4O6/c1-16(2)39-25(38)30-17(3)24(37)33-15-27(11-6-5-7-12-27)14-20(33)22(35)32-19(10-13-26(4,28)29)21(34)23(36)31-18-8-9-18/h16-20H,5-15H2,1-4H3,(H,30,38)(H,31,36)(H,32,35)/t17-,19-,20-/m0/s1. The van der Waals surface area contributed by atoms with Crippen LogP contribution in [-0.4, -0.2) is 77.2 Å². The molecule has 39 heavy (non-hydrogen) atoms. The number of halogens is 2. The lowest BCUT2D eigenvalue weighted by molar-refractivity contribution is -0.143. The van der Waals surface area contributed by atoms with Gasteiger partial charge >= 0.3 is 6.09 Å². The second-order valence-corrected chi connectivity index (χ2v) is 11.8. The van der Waals surface area contributed by atoms with Gasteiger partial charge in [-0.25, -0.2) is 13.6 Å². The van der Waals surface area contributed by atoms with Gasteiger partial charge < -0.3 is 25.6 Å². The average molecular weight is 557 g/mol. The van der Waals surface area contributed by atoms with E-state index in [0.717, 1.165) is 44.9 Å². The van der Waals surface area contributed by atoms with E-state index in [-0.39, 0.29) is 17.6 Å². The number of likely N-dealkylation sites (tertiary alicyclic amines) is 1. The zero-order valence-electron chi connectivity index (χ0n) is 23.3. The fourth-order valence-electron chi connectivity index (χ4n) is 5.50. The Balaban J connectivity index is 1.78. The molecule has 3 rings (SSSR count). The molecule has 12 heteroatoms. The second-order valence-electron chi connectivity index (χ2n) is 11.8. The van der Waals surface area contributed by atoms with Crippen molar-refractivity contribution in [3.05, 3.63) is 0 Å². The zero-order valence-corrected chi connectivity index (χ0v) is 23.3. The number of ketones is 1. The third-order valence-electron chi connectivity index (χ3n) is 7.70. The number of amides is 4. The molecule has 1 aliphatic heterocycles. The molecule has 3 N–H and O–H groups in total. The largest absolute Gasteiger partial charge is 0.447 e. The topological polar surface area (TPSA) is 134 Å². The van der Waals surface area contributed by atoms with Gasteiger partial charge in [0.05, 0.1) is 12.1 Å². The minimum atomic E-state index is -3.09. The Hall–Kier alpha value is -2.79. The minimum absolute atomic E-state index is 0.115. The number of Topliss-reactive ketones (excluding diaryl/α,β-unsaturated/α-hetero) is 1. The van der Waals surface area contributed by atoms with Crippen molar-refractivity contribution < 1.29 is 37.5 Å². The highest BCUT2D eigenvalue weighted by molar-refractivity contribution is 6.38. The molecule has 2 aliphatic carbocycles. The Labute approximate surface area is 228 Å². The number of alkyl halides is 2. The van der Waals surface area contributed by atoms with E-state index in [0.29, 0.717) is 19.9 Å². The molecular formula is C27H42F2N4O6. The van der Waals surface area contributed by atoms with Gasteiger partial charge in [-0.1, -0.05) is 19.3 Å². The lowest BCUT2D eigenvalue weighted by atomic mass is 9.72. The van der Waals surface area contributed by atoms with Gasteiger partial charge in [0.1, 0.15) is 12.1 Å². The molecule has 3 atom stereocenters. The molecule has 2 saturated carbocycles. The average Bonchev–Trinajstić information content (AvgIpc) is 3.59. The van der Waals surface area contributed by atoms with Gasteiger partial charge in [-0.3, -0.25) is 19.2 Å². The number of rotatable bonds is 11. The van der Waals surface area contributed by atoms with Crippen molar-refractivity contribution in [2.24, 2.45) is 5.41 Å². The van der Waals surface area contributed by atoms with E-state index in [1.165, 1.54) is 11.8 Å². The summed E-state index contributed by atoms with van der Waals surface area (Å²) in [6.07, 6.45) is 4.19. The summed E-state index contributed by atoms with van der Waals surface area (Å²) < 4.78 is 32.4. The van der Waals surface area contributed by atoms with Gasteiger partial charge in [0.25, 0.3) is 5.91 Å². The molecule has 0 aromatic carbocycles. The van der Waals surface area contributed by atoms with Crippen LogP contribution in [0.2, 0.25) is 0 Å². The van der Waals surface area contributed by atoms with Crippen LogP contribution >= 0.6 is 0 Å². The normalized spacial score (nSPS) is 22.2. The van der Waals surface area contributed by atoms with Gasteiger partial charge in [0, 0.05) is 19.0 Å². The van der Waals surface area contributed by atoms with Gasteiger partial charge in [-0.2, -0.15) is 0 Å². The summed E-state index contributed by atoms with van der Waals surface area (Å²) in [7, 11) is 0. The lowest BCUT2D eigenvalue weighted by Gasteiger charge is -2.33. The summed E-state index contributed by atoms with van der Waals surface area (Å²) in [4.78, 5) is 65.9. The van der Waals surface area contributed by atoms with Crippen LogP contribution in [0.25, 0.3) is 0 Å². The van der Waals surface area contributed by atoms with Crippen LogP contribution in [0.4, 0.5) is 13.6 Å².